The van der Waals surface area contributed by atoms with Gasteiger partial charge in [-0.15, -0.1) is 0 Å². The fourth-order valence-corrected chi connectivity index (χ4v) is 2.62. The highest BCUT2D eigenvalue weighted by Gasteiger charge is 2.12. The van der Waals surface area contributed by atoms with Gasteiger partial charge in [-0.25, -0.2) is 4.99 Å². The first-order chi connectivity index (χ1) is 14.1. The lowest BCUT2D eigenvalue weighted by atomic mass is 10.2. The monoisotopic (exact) mass is 400 g/mol. The third-order valence-corrected chi connectivity index (χ3v) is 4.18. The van der Waals surface area contributed by atoms with Crippen molar-refractivity contribution >= 4 is 11.6 Å². The Hall–Kier alpha value is -3.13. The van der Waals surface area contributed by atoms with Crippen LogP contribution in [0.4, 0.5) is 5.69 Å². The maximum Gasteiger partial charge on any atom is 0.274 e. The molecule has 2 rings (SSSR count). The number of nitrogens with one attached hydrogen (secondary N) is 2. The van der Waals surface area contributed by atoms with Crippen LogP contribution in [0.2, 0.25) is 0 Å². The molecule has 2 aromatic rings. The van der Waals surface area contributed by atoms with Crippen LogP contribution in [0.15, 0.2) is 53.5 Å². The second kappa shape index (κ2) is 12.4. The van der Waals surface area contributed by atoms with Gasteiger partial charge in [-0.3, -0.25) is 10.1 Å². The number of rotatable bonds is 11. The molecule has 8 nitrogen and oxygen atoms in total. The van der Waals surface area contributed by atoms with Crippen molar-refractivity contribution in [3.63, 3.8) is 0 Å². The van der Waals surface area contributed by atoms with E-state index in [4.69, 9.17) is 9.47 Å². The third kappa shape index (κ3) is 7.79. The van der Waals surface area contributed by atoms with Gasteiger partial charge >= 0.3 is 0 Å². The predicted molar refractivity (Wildman–Crippen MR) is 113 cm³/mol. The summed E-state index contributed by atoms with van der Waals surface area (Å²) in [5.74, 6) is 1.39. The molecular formula is C21H28N4O4. The Morgan fingerprint density at radius 2 is 1.90 bits per heavy atom. The number of hydrogen-bond acceptors (Lipinski definition) is 5. The second-order valence-electron chi connectivity index (χ2n) is 6.23. The Bertz CT molecular complexity index is 794. The van der Waals surface area contributed by atoms with Gasteiger partial charge < -0.3 is 20.1 Å². The number of guanidine groups is 1. The Balaban J connectivity index is 2.02. The van der Waals surface area contributed by atoms with Crippen molar-refractivity contribution in [2.75, 3.05) is 26.9 Å². The largest absolute Gasteiger partial charge is 0.497 e. The van der Waals surface area contributed by atoms with E-state index in [0.29, 0.717) is 44.4 Å². The lowest BCUT2D eigenvalue weighted by Gasteiger charge is -2.13. The highest BCUT2D eigenvalue weighted by Crippen LogP contribution is 2.17. The van der Waals surface area contributed by atoms with Crippen molar-refractivity contribution in [1.82, 2.24) is 10.6 Å². The summed E-state index contributed by atoms with van der Waals surface area (Å²) in [6.45, 7) is 4.78. The normalized spacial score (nSPS) is 11.2. The molecule has 2 N–H and O–H groups in total. The fraction of sp³-hybridized carbons (Fsp3) is 0.381. The van der Waals surface area contributed by atoms with Gasteiger partial charge in [0.1, 0.15) is 5.75 Å². The molecule has 0 aromatic heterocycles. The molecule has 2 aromatic carbocycles. The van der Waals surface area contributed by atoms with Gasteiger partial charge in [-0.1, -0.05) is 30.3 Å². The zero-order valence-electron chi connectivity index (χ0n) is 16.9. The first-order valence-corrected chi connectivity index (χ1v) is 9.59. The number of methoxy groups -OCH3 is 1. The summed E-state index contributed by atoms with van der Waals surface area (Å²) in [5, 5.41) is 17.6. The third-order valence-electron chi connectivity index (χ3n) is 4.18. The molecule has 0 atom stereocenters. The van der Waals surface area contributed by atoms with Crippen LogP contribution in [0.25, 0.3) is 0 Å². The average molecular weight is 400 g/mol. The molecule has 0 spiro atoms. The van der Waals surface area contributed by atoms with Crippen LogP contribution >= 0.6 is 0 Å². The Morgan fingerprint density at radius 1 is 1.14 bits per heavy atom. The van der Waals surface area contributed by atoms with Crippen LogP contribution in [0.3, 0.4) is 0 Å². The molecule has 0 heterocycles. The molecular weight excluding hydrogens is 372 g/mol. The number of nitro groups is 1. The topological polar surface area (TPSA) is 98.0 Å². The molecule has 0 fully saturated rings. The van der Waals surface area contributed by atoms with E-state index in [2.05, 4.69) is 15.6 Å². The van der Waals surface area contributed by atoms with Crippen LogP contribution in [0, 0.1) is 10.1 Å². The maximum atomic E-state index is 11.2. The van der Waals surface area contributed by atoms with E-state index in [1.165, 1.54) is 6.07 Å². The summed E-state index contributed by atoms with van der Waals surface area (Å²) in [6.07, 6.45) is 0.836. The smallest absolute Gasteiger partial charge is 0.274 e. The van der Waals surface area contributed by atoms with E-state index >= 15 is 0 Å². The van der Waals surface area contributed by atoms with E-state index < -0.39 is 0 Å². The first-order valence-electron chi connectivity index (χ1n) is 9.59. The highest BCUT2D eigenvalue weighted by molar-refractivity contribution is 5.79. The SMILES string of the molecule is CCOCCCNC(=NCc1ccc(OC)cc1)NCc1ccccc1[N+](=O)[O-]. The molecule has 0 bridgehead atoms. The van der Waals surface area contributed by atoms with Crippen molar-refractivity contribution in [1.29, 1.82) is 0 Å². The van der Waals surface area contributed by atoms with Crippen molar-refractivity contribution in [2.24, 2.45) is 4.99 Å². The van der Waals surface area contributed by atoms with Crippen LogP contribution in [-0.4, -0.2) is 37.8 Å². The zero-order chi connectivity index (χ0) is 20.9. The maximum absolute atomic E-state index is 11.2. The zero-order valence-corrected chi connectivity index (χ0v) is 16.9. The molecule has 0 amide bonds. The summed E-state index contributed by atoms with van der Waals surface area (Å²) in [5.41, 5.74) is 1.73. The fourth-order valence-electron chi connectivity index (χ4n) is 2.62. The van der Waals surface area contributed by atoms with Crippen molar-refractivity contribution in [3.05, 3.63) is 69.8 Å². The summed E-state index contributed by atoms with van der Waals surface area (Å²) >= 11 is 0. The van der Waals surface area contributed by atoms with Crippen LogP contribution in [0.1, 0.15) is 24.5 Å². The summed E-state index contributed by atoms with van der Waals surface area (Å²) in [4.78, 5) is 15.4. The molecule has 0 saturated heterocycles. The average Bonchev–Trinajstić information content (AvgIpc) is 2.75. The minimum absolute atomic E-state index is 0.0888. The predicted octanol–water partition coefficient (Wildman–Crippen LogP) is 3.27. The molecule has 0 aliphatic heterocycles. The molecule has 0 saturated carbocycles. The minimum Gasteiger partial charge on any atom is -0.497 e. The molecule has 0 radical (unpaired) electrons. The number of nitro benzene ring substituents is 1. The number of hydrogen-bond donors (Lipinski definition) is 2. The number of para-hydroxylation sites is 1. The van der Waals surface area contributed by atoms with E-state index in [9.17, 15) is 10.1 Å². The van der Waals surface area contributed by atoms with Gasteiger partial charge in [0.05, 0.1) is 18.6 Å². The standard InChI is InChI=1S/C21H28N4O4/c1-3-29-14-6-13-22-21(23-15-17-9-11-19(28-2)12-10-17)24-16-18-7-4-5-8-20(18)25(26)27/h4-5,7-12H,3,6,13-16H2,1-2H3,(H2,22,23,24). The quantitative estimate of drug-likeness (QED) is 0.198. The summed E-state index contributed by atoms with van der Waals surface area (Å²) < 4.78 is 10.5. The van der Waals surface area contributed by atoms with E-state index in [1.807, 2.05) is 31.2 Å². The van der Waals surface area contributed by atoms with Gasteiger partial charge in [0, 0.05) is 37.9 Å². The number of ether oxygens (including phenoxy) is 2. The molecule has 156 valence electrons. The Labute approximate surface area is 171 Å². The minimum atomic E-state index is -0.374. The van der Waals surface area contributed by atoms with Crippen molar-refractivity contribution in [2.45, 2.75) is 26.4 Å². The van der Waals surface area contributed by atoms with E-state index in [1.54, 1.807) is 25.3 Å². The number of nitrogens with zero attached hydrogens (tertiary/aromatic N) is 2. The summed E-state index contributed by atoms with van der Waals surface area (Å²) in [6, 6.07) is 14.4. The van der Waals surface area contributed by atoms with E-state index in [-0.39, 0.29) is 10.6 Å². The molecule has 0 aliphatic carbocycles. The van der Waals surface area contributed by atoms with Crippen molar-refractivity contribution < 1.29 is 14.4 Å². The second-order valence-corrected chi connectivity index (χ2v) is 6.23. The van der Waals surface area contributed by atoms with E-state index in [0.717, 1.165) is 17.7 Å². The Morgan fingerprint density at radius 3 is 2.59 bits per heavy atom. The van der Waals surface area contributed by atoms with Gasteiger partial charge in [-0.05, 0) is 31.0 Å². The summed E-state index contributed by atoms with van der Waals surface area (Å²) in [7, 11) is 1.63. The van der Waals surface area contributed by atoms with Crippen LogP contribution < -0.4 is 15.4 Å². The van der Waals surface area contributed by atoms with Gasteiger partial charge in [0.2, 0.25) is 0 Å². The lowest BCUT2D eigenvalue weighted by molar-refractivity contribution is -0.385. The van der Waals surface area contributed by atoms with Gasteiger partial charge in [0.25, 0.3) is 5.69 Å². The van der Waals surface area contributed by atoms with Crippen LogP contribution in [-0.2, 0) is 17.8 Å². The molecule has 0 aliphatic rings. The van der Waals surface area contributed by atoms with Crippen molar-refractivity contribution in [3.8, 4) is 5.75 Å². The first kappa shape index (κ1) is 22.2. The van der Waals surface area contributed by atoms with Gasteiger partial charge in [0.15, 0.2) is 5.96 Å². The van der Waals surface area contributed by atoms with Crippen LogP contribution in [0.5, 0.6) is 5.75 Å². The molecule has 0 unspecified atom stereocenters. The Kier molecular flexibility index (Phi) is 9.44. The molecule has 29 heavy (non-hydrogen) atoms. The molecule has 8 heteroatoms. The highest BCUT2D eigenvalue weighted by atomic mass is 16.6. The number of benzene rings is 2. The number of aliphatic imine (C=N–C) groups is 1. The van der Waals surface area contributed by atoms with Gasteiger partial charge in [-0.2, -0.15) is 0 Å². The lowest BCUT2D eigenvalue weighted by Crippen LogP contribution is -2.38.